The van der Waals surface area contributed by atoms with Crippen LogP contribution >= 0.6 is 0 Å². The van der Waals surface area contributed by atoms with E-state index in [2.05, 4.69) is 75.3 Å². The number of aromatic nitrogens is 2. The number of pyridine rings is 2. The Hall–Kier alpha value is -3.96. The minimum absolute atomic E-state index is 0.125. The molecule has 1 atom stereocenters. The number of hydrogen-bond donors (Lipinski definition) is 1. The molecular formula is C33H42N6O2. The molecule has 1 saturated heterocycles. The van der Waals surface area contributed by atoms with Crippen LogP contribution in [0.2, 0.25) is 0 Å². The molecule has 8 nitrogen and oxygen atoms in total. The van der Waals surface area contributed by atoms with Crippen LogP contribution in [0.25, 0.3) is 0 Å². The number of amides is 1. The molecule has 3 aromatic rings. The Kier molecular flexibility index (Phi) is 10.3. The SMILES string of the molecule is CCOc1ccc(N(Cc2cnccc2C)C2CCN(C(C)CCNC(=O)c3c(C)cc(C#N)nc3C)CC2)cc1. The summed E-state index contributed by atoms with van der Waals surface area (Å²) in [6, 6.07) is 15.0. The van der Waals surface area contributed by atoms with E-state index in [1.165, 1.54) is 16.8 Å². The van der Waals surface area contributed by atoms with Crippen molar-refractivity contribution in [1.29, 1.82) is 5.26 Å². The summed E-state index contributed by atoms with van der Waals surface area (Å²) in [4.78, 5) is 26.5. The van der Waals surface area contributed by atoms with E-state index in [4.69, 9.17) is 10.00 Å². The van der Waals surface area contributed by atoms with Crippen LogP contribution in [-0.4, -0.2) is 59.1 Å². The summed E-state index contributed by atoms with van der Waals surface area (Å²) in [7, 11) is 0. The molecule has 0 bridgehead atoms. The second-order valence-electron chi connectivity index (χ2n) is 10.9. The number of anilines is 1. The van der Waals surface area contributed by atoms with Gasteiger partial charge in [0.1, 0.15) is 17.5 Å². The van der Waals surface area contributed by atoms with E-state index in [9.17, 15) is 4.79 Å². The number of rotatable bonds is 11. The quantitative estimate of drug-likeness (QED) is 0.341. The lowest BCUT2D eigenvalue weighted by molar-refractivity contribution is 0.0943. The monoisotopic (exact) mass is 554 g/mol. The Morgan fingerprint density at radius 2 is 1.90 bits per heavy atom. The van der Waals surface area contributed by atoms with Crippen molar-refractivity contribution in [2.75, 3.05) is 31.1 Å². The van der Waals surface area contributed by atoms with Crippen molar-refractivity contribution in [3.8, 4) is 11.8 Å². The number of hydrogen-bond acceptors (Lipinski definition) is 7. The molecule has 1 amide bonds. The Morgan fingerprint density at radius 3 is 2.54 bits per heavy atom. The molecule has 4 rings (SSSR count). The highest BCUT2D eigenvalue weighted by atomic mass is 16.5. The maximum absolute atomic E-state index is 12.9. The van der Waals surface area contributed by atoms with Crippen LogP contribution in [0.5, 0.6) is 5.75 Å². The molecule has 0 spiro atoms. The summed E-state index contributed by atoms with van der Waals surface area (Å²) in [6.45, 7) is 14.1. The molecule has 1 aliphatic rings. The molecule has 0 aliphatic carbocycles. The maximum Gasteiger partial charge on any atom is 0.253 e. The third-order valence-electron chi connectivity index (χ3n) is 8.12. The second kappa shape index (κ2) is 14.1. The molecule has 0 saturated carbocycles. The first-order valence-electron chi connectivity index (χ1n) is 14.6. The standard InChI is InChI=1S/C33H42N6O2/c1-6-41-31-9-7-29(8-10-31)39(22-27-21-35-15-11-23(27)2)30-13-17-38(18-14-30)25(4)12-16-36-33(40)32-24(3)19-28(20-34)37-26(32)5/h7-11,15,19,21,25,30H,6,12-14,16-18,22H2,1-5H3,(H,36,40). The number of nitrogens with zero attached hydrogens (tertiary/aromatic N) is 5. The summed E-state index contributed by atoms with van der Waals surface area (Å²) in [5.74, 6) is 0.768. The smallest absolute Gasteiger partial charge is 0.253 e. The highest BCUT2D eigenvalue weighted by molar-refractivity contribution is 5.96. The molecule has 1 aliphatic heterocycles. The Labute approximate surface area is 244 Å². The van der Waals surface area contributed by atoms with Crippen molar-refractivity contribution in [2.24, 2.45) is 0 Å². The van der Waals surface area contributed by atoms with Crippen LogP contribution in [0.4, 0.5) is 5.69 Å². The topological polar surface area (TPSA) is 94.4 Å². The fourth-order valence-corrected chi connectivity index (χ4v) is 5.71. The number of carbonyl (C=O) groups excluding carboxylic acids is 1. The lowest BCUT2D eigenvalue weighted by atomic mass is 9.99. The lowest BCUT2D eigenvalue weighted by Gasteiger charge is -2.42. The van der Waals surface area contributed by atoms with Gasteiger partial charge in [0.2, 0.25) is 0 Å². The van der Waals surface area contributed by atoms with Crippen LogP contribution in [0.3, 0.4) is 0 Å². The maximum atomic E-state index is 12.9. The van der Waals surface area contributed by atoms with Gasteiger partial charge in [-0.1, -0.05) is 0 Å². The average molecular weight is 555 g/mol. The highest BCUT2D eigenvalue weighted by Crippen LogP contribution is 2.29. The van der Waals surface area contributed by atoms with E-state index in [0.717, 1.165) is 50.2 Å². The van der Waals surface area contributed by atoms with Gasteiger partial charge in [-0.25, -0.2) is 4.98 Å². The van der Waals surface area contributed by atoms with Gasteiger partial charge < -0.3 is 19.9 Å². The Balaban J connectivity index is 1.34. The summed E-state index contributed by atoms with van der Waals surface area (Å²) in [6.07, 6.45) is 6.85. The molecule has 3 heterocycles. The molecule has 216 valence electrons. The van der Waals surface area contributed by atoms with Gasteiger partial charge in [0.15, 0.2) is 0 Å². The number of ether oxygens (including phenoxy) is 1. The predicted octanol–water partition coefficient (Wildman–Crippen LogP) is 5.35. The van der Waals surface area contributed by atoms with Crippen molar-refractivity contribution >= 4 is 11.6 Å². The van der Waals surface area contributed by atoms with Gasteiger partial charge in [0, 0.05) is 56.3 Å². The van der Waals surface area contributed by atoms with Crippen molar-refractivity contribution in [3.05, 3.63) is 82.4 Å². The van der Waals surface area contributed by atoms with Crippen LogP contribution in [-0.2, 0) is 6.54 Å². The summed E-state index contributed by atoms with van der Waals surface area (Å²) < 4.78 is 5.68. The number of piperidine rings is 1. The second-order valence-corrected chi connectivity index (χ2v) is 10.9. The van der Waals surface area contributed by atoms with Crippen molar-refractivity contribution in [2.45, 2.75) is 72.5 Å². The molecule has 1 fully saturated rings. The van der Waals surface area contributed by atoms with Gasteiger partial charge in [-0.05, 0) is 107 Å². The van der Waals surface area contributed by atoms with E-state index in [1.807, 2.05) is 26.2 Å². The van der Waals surface area contributed by atoms with Crippen LogP contribution in [0.15, 0.2) is 48.8 Å². The number of benzene rings is 1. The fraction of sp³-hybridized carbons (Fsp3) is 0.455. The third kappa shape index (κ3) is 7.62. The molecule has 41 heavy (non-hydrogen) atoms. The number of aryl methyl sites for hydroxylation is 3. The van der Waals surface area contributed by atoms with Crippen LogP contribution in [0, 0.1) is 32.1 Å². The van der Waals surface area contributed by atoms with Gasteiger partial charge >= 0.3 is 0 Å². The first kappa shape index (κ1) is 30.0. The number of carbonyl (C=O) groups is 1. The van der Waals surface area contributed by atoms with Gasteiger partial charge in [-0.3, -0.25) is 9.78 Å². The van der Waals surface area contributed by atoms with Gasteiger partial charge in [0.05, 0.1) is 17.9 Å². The minimum Gasteiger partial charge on any atom is -0.494 e. The zero-order valence-electron chi connectivity index (χ0n) is 25.0. The lowest BCUT2D eigenvalue weighted by Crippen LogP contribution is -2.48. The first-order valence-corrected chi connectivity index (χ1v) is 14.6. The van der Waals surface area contributed by atoms with E-state index in [0.29, 0.717) is 42.2 Å². The minimum atomic E-state index is -0.125. The summed E-state index contributed by atoms with van der Waals surface area (Å²) >= 11 is 0. The molecule has 1 N–H and O–H groups in total. The predicted molar refractivity (Wildman–Crippen MR) is 162 cm³/mol. The number of nitrogens with one attached hydrogen (secondary N) is 1. The van der Waals surface area contributed by atoms with Crippen molar-refractivity contribution < 1.29 is 9.53 Å². The zero-order chi connectivity index (χ0) is 29.4. The first-order chi connectivity index (χ1) is 19.8. The van der Waals surface area contributed by atoms with Gasteiger partial charge in [-0.2, -0.15) is 5.26 Å². The van der Waals surface area contributed by atoms with Crippen LogP contribution < -0.4 is 15.0 Å². The summed E-state index contributed by atoms with van der Waals surface area (Å²) in [5.41, 5.74) is 5.98. The van der Waals surface area contributed by atoms with Crippen molar-refractivity contribution in [3.63, 3.8) is 0 Å². The highest BCUT2D eigenvalue weighted by Gasteiger charge is 2.28. The van der Waals surface area contributed by atoms with E-state index in [-0.39, 0.29) is 5.91 Å². The zero-order valence-corrected chi connectivity index (χ0v) is 25.0. The average Bonchev–Trinajstić information content (AvgIpc) is 2.97. The van der Waals surface area contributed by atoms with Gasteiger partial charge in [-0.15, -0.1) is 0 Å². The van der Waals surface area contributed by atoms with Crippen LogP contribution in [0.1, 0.15) is 71.5 Å². The fourth-order valence-electron chi connectivity index (χ4n) is 5.71. The summed E-state index contributed by atoms with van der Waals surface area (Å²) in [5, 5.41) is 12.2. The number of nitriles is 1. The van der Waals surface area contributed by atoms with Crippen molar-refractivity contribution in [1.82, 2.24) is 20.2 Å². The molecule has 2 aromatic heterocycles. The van der Waals surface area contributed by atoms with E-state index >= 15 is 0 Å². The molecule has 1 unspecified atom stereocenters. The van der Waals surface area contributed by atoms with Gasteiger partial charge in [0.25, 0.3) is 5.91 Å². The third-order valence-corrected chi connectivity index (χ3v) is 8.12. The largest absolute Gasteiger partial charge is 0.494 e. The Bertz CT molecular complexity index is 1340. The molecule has 8 heteroatoms. The molecule has 0 radical (unpaired) electrons. The molecular weight excluding hydrogens is 512 g/mol. The Morgan fingerprint density at radius 1 is 1.17 bits per heavy atom. The van der Waals surface area contributed by atoms with E-state index in [1.54, 1.807) is 13.0 Å². The molecule has 1 aromatic carbocycles. The normalized spacial score (nSPS) is 14.7. The van der Waals surface area contributed by atoms with E-state index < -0.39 is 0 Å². The number of likely N-dealkylation sites (tertiary alicyclic amines) is 1.